The summed E-state index contributed by atoms with van der Waals surface area (Å²) in [6.07, 6.45) is 0. The normalized spacial score (nSPS) is 10.9. The number of primary amides is 1. The average Bonchev–Trinajstić information content (AvgIpc) is 2.45. The lowest BCUT2D eigenvalue weighted by atomic mass is 10.3. The fraction of sp³-hybridized carbons (Fsp3) is 0.111. The SMILES string of the molecule is NC(=O)Cn1c(=S)[nH]c2cc(I)c(F)cc21. The van der Waals surface area contributed by atoms with Crippen molar-refractivity contribution in [3.05, 3.63) is 26.3 Å². The summed E-state index contributed by atoms with van der Waals surface area (Å²) in [5.74, 6) is -0.865. The second-order valence-corrected chi connectivity index (χ2v) is 4.81. The van der Waals surface area contributed by atoms with E-state index in [1.165, 1.54) is 10.6 Å². The summed E-state index contributed by atoms with van der Waals surface area (Å²) in [6, 6.07) is 2.98. The third-order valence-corrected chi connectivity index (χ3v) is 3.28. The van der Waals surface area contributed by atoms with Gasteiger partial charge in [-0.25, -0.2) is 4.39 Å². The number of nitrogens with one attached hydrogen (secondary N) is 1. The lowest BCUT2D eigenvalue weighted by Gasteiger charge is -2.01. The number of amides is 1. The monoisotopic (exact) mass is 351 g/mol. The van der Waals surface area contributed by atoms with E-state index in [1.54, 1.807) is 6.07 Å². The van der Waals surface area contributed by atoms with Gasteiger partial charge in [0.15, 0.2) is 4.77 Å². The topological polar surface area (TPSA) is 63.8 Å². The van der Waals surface area contributed by atoms with Crippen molar-refractivity contribution in [1.29, 1.82) is 0 Å². The lowest BCUT2D eigenvalue weighted by Crippen LogP contribution is -2.18. The number of H-pyrrole nitrogens is 1. The van der Waals surface area contributed by atoms with Crippen LogP contribution in [0.3, 0.4) is 0 Å². The van der Waals surface area contributed by atoms with E-state index in [-0.39, 0.29) is 12.4 Å². The Labute approximate surface area is 109 Å². The Hall–Kier alpha value is -0.960. The molecule has 4 nitrogen and oxygen atoms in total. The minimum atomic E-state index is -0.518. The maximum absolute atomic E-state index is 13.4. The molecule has 0 aliphatic carbocycles. The van der Waals surface area contributed by atoms with Crippen molar-refractivity contribution in [1.82, 2.24) is 9.55 Å². The number of benzene rings is 1. The fourth-order valence-corrected chi connectivity index (χ4v) is 2.20. The molecule has 2 aromatic rings. The van der Waals surface area contributed by atoms with Gasteiger partial charge >= 0.3 is 0 Å². The van der Waals surface area contributed by atoms with Crippen LogP contribution in [0, 0.1) is 14.2 Å². The van der Waals surface area contributed by atoms with Crippen LogP contribution in [0.1, 0.15) is 0 Å². The number of imidazole rings is 1. The molecule has 0 unspecified atom stereocenters. The van der Waals surface area contributed by atoms with E-state index in [1.807, 2.05) is 22.6 Å². The maximum Gasteiger partial charge on any atom is 0.237 e. The average molecular weight is 351 g/mol. The van der Waals surface area contributed by atoms with Gasteiger partial charge in [0, 0.05) is 6.07 Å². The Bertz CT molecular complexity index is 633. The van der Waals surface area contributed by atoms with E-state index in [4.69, 9.17) is 18.0 Å². The quantitative estimate of drug-likeness (QED) is 0.642. The van der Waals surface area contributed by atoms with Crippen LogP contribution in [0.15, 0.2) is 12.1 Å². The lowest BCUT2D eigenvalue weighted by molar-refractivity contribution is -0.118. The molecule has 0 aliphatic rings. The summed E-state index contributed by atoms with van der Waals surface area (Å²) in [4.78, 5) is 13.8. The van der Waals surface area contributed by atoms with E-state index in [0.29, 0.717) is 19.4 Å². The number of rotatable bonds is 2. The van der Waals surface area contributed by atoms with Crippen LogP contribution in [0.5, 0.6) is 0 Å². The molecule has 1 aromatic heterocycles. The zero-order chi connectivity index (χ0) is 11.9. The molecule has 0 bridgehead atoms. The van der Waals surface area contributed by atoms with Gasteiger partial charge in [0.25, 0.3) is 0 Å². The molecule has 0 fully saturated rings. The summed E-state index contributed by atoms with van der Waals surface area (Å²) in [7, 11) is 0. The number of hydrogen-bond acceptors (Lipinski definition) is 2. The molecule has 7 heteroatoms. The van der Waals surface area contributed by atoms with Crippen LogP contribution in [-0.2, 0) is 11.3 Å². The first-order valence-electron chi connectivity index (χ1n) is 4.35. The Morgan fingerprint density at radius 3 is 2.94 bits per heavy atom. The standard InChI is InChI=1S/C9H7FIN3OS/c10-4-1-7-6(2-5(4)11)13-9(16)14(7)3-8(12)15/h1-2H,3H2,(H2,12,15)(H,13,16). The zero-order valence-electron chi connectivity index (χ0n) is 7.96. The summed E-state index contributed by atoms with van der Waals surface area (Å²) < 4.78 is 15.7. The molecule has 0 spiro atoms. The predicted octanol–water partition coefficient (Wildman–Crippen LogP) is 1.93. The van der Waals surface area contributed by atoms with Crippen LogP contribution in [-0.4, -0.2) is 15.5 Å². The predicted molar refractivity (Wildman–Crippen MR) is 69.0 cm³/mol. The second kappa shape index (κ2) is 4.13. The molecule has 1 aromatic carbocycles. The third kappa shape index (κ3) is 1.96. The smallest absolute Gasteiger partial charge is 0.237 e. The van der Waals surface area contributed by atoms with Gasteiger partial charge in [-0.05, 0) is 40.9 Å². The van der Waals surface area contributed by atoms with Crippen molar-refractivity contribution in [3.8, 4) is 0 Å². The summed E-state index contributed by atoms with van der Waals surface area (Å²) in [5, 5.41) is 0. The number of nitrogens with two attached hydrogens (primary N) is 1. The molecule has 1 heterocycles. The largest absolute Gasteiger partial charge is 0.368 e. The van der Waals surface area contributed by atoms with E-state index < -0.39 is 5.91 Å². The Kier molecular flexibility index (Phi) is 2.98. The minimum Gasteiger partial charge on any atom is -0.368 e. The van der Waals surface area contributed by atoms with Gasteiger partial charge in [-0.2, -0.15) is 0 Å². The molecule has 1 amide bonds. The van der Waals surface area contributed by atoms with E-state index in [2.05, 4.69) is 4.98 Å². The fourth-order valence-electron chi connectivity index (χ4n) is 1.46. The second-order valence-electron chi connectivity index (χ2n) is 3.27. The van der Waals surface area contributed by atoms with E-state index in [0.717, 1.165) is 0 Å². The van der Waals surface area contributed by atoms with Crippen molar-refractivity contribution in [3.63, 3.8) is 0 Å². The summed E-state index contributed by atoms with van der Waals surface area (Å²) in [5.41, 5.74) is 6.33. The van der Waals surface area contributed by atoms with Gasteiger partial charge in [0.2, 0.25) is 5.91 Å². The van der Waals surface area contributed by atoms with E-state index >= 15 is 0 Å². The highest BCUT2D eigenvalue weighted by molar-refractivity contribution is 14.1. The number of fused-ring (bicyclic) bond motifs is 1. The Morgan fingerprint density at radius 1 is 1.62 bits per heavy atom. The third-order valence-electron chi connectivity index (χ3n) is 2.13. The maximum atomic E-state index is 13.4. The van der Waals surface area contributed by atoms with E-state index in [9.17, 15) is 9.18 Å². The van der Waals surface area contributed by atoms with Crippen LogP contribution >= 0.6 is 34.8 Å². The number of aromatic nitrogens is 2. The highest BCUT2D eigenvalue weighted by Gasteiger charge is 2.09. The number of carbonyl (C=O) groups excluding carboxylic acids is 1. The molecule has 0 aliphatic heterocycles. The van der Waals surface area contributed by atoms with Crippen LogP contribution in [0.25, 0.3) is 11.0 Å². The van der Waals surface area contributed by atoms with Crippen molar-refractivity contribution < 1.29 is 9.18 Å². The van der Waals surface area contributed by atoms with Crippen molar-refractivity contribution in [2.75, 3.05) is 0 Å². The van der Waals surface area contributed by atoms with Gasteiger partial charge in [-0.15, -0.1) is 0 Å². The van der Waals surface area contributed by atoms with Gasteiger partial charge in [0.1, 0.15) is 12.4 Å². The molecule has 3 N–H and O–H groups in total. The Balaban J connectivity index is 2.74. The van der Waals surface area contributed by atoms with Gasteiger partial charge in [-0.1, -0.05) is 0 Å². The van der Waals surface area contributed by atoms with Crippen LogP contribution in [0.4, 0.5) is 4.39 Å². The van der Waals surface area contributed by atoms with Gasteiger partial charge < -0.3 is 15.3 Å². The molecule has 0 atom stereocenters. The number of carbonyl (C=O) groups is 1. The zero-order valence-corrected chi connectivity index (χ0v) is 10.9. The Morgan fingerprint density at radius 2 is 2.31 bits per heavy atom. The number of halogens is 2. The molecule has 0 saturated heterocycles. The molecule has 16 heavy (non-hydrogen) atoms. The number of hydrogen-bond donors (Lipinski definition) is 2. The van der Waals surface area contributed by atoms with Gasteiger partial charge in [-0.3, -0.25) is 4.79 Å². The number of nitrogens with zero attached hydrogens (tertiary/aromatic N) is 1. The highest BCUT2D eigenvalue weighted by atomic mass is 127. The molecule has 0 saturated carbocycles. The minimum absolute atomic E-state index is 0.0567. The molecular weight excluding hydrogens is 344 g/mol. The van der Waals surface area contributed by atoms with Gasteiger partial charge in [0.05, 0.1) is 14.6 Å². The van der Waals surface area contributed by atoms with Crippen LogP contribution in [0.2, 0.25) is 0 Å². The first kappa shape index (κ1) is 11.5. The van der Waals surface area contributed by atoms with Crippen molar-refractivity contribution in [2.24, 2.45) is 5.73 Å². The summed E-state index contributed by atoms with van der Waals surface area (Å²) >= 11 is 6.92. The van der Waals surface area contributed by atoms with Crippen LogP contribution < -0.4 is 5.73 Å². The van der Waals surface area contributed by atoms with Crippen molar-refractivity contribution >= 4 is 51.7 Å². The first-order chi connectivity index (χ1) is 7.49. The molecule has 84 valence electrons. The highest BCUT2D eigenvalue weighted by Crippen LogP contribution is 2.20. The molecular formula is C9H7FIN3OS. The summed E-state index contributed by atoms with van der Waals surface area (Å²) in [6.45, 7) is -0.0567. The first-order valence-corrected chi connectivity index (χ1v) is 5.83. The molecule has 2 rings (SSSR count). The number of aromatic amines is 1. The molecule has 0 radical (unpaired) electrons. The van der Waals surface area contributed by atoms with Crippen molar-refractivity contribution in [2.45, 2.75) is 6.54 Å².